The van der Waals surface area contributed by atoms with Crippen LogP contribution in [0.4, 0.5) is 0 Å². The second-order valence-electron chi connectivity index (χ2n) is 5.18. The molecule has 1 atom stereocenters. The molecule has 0 radical (unpaired) electrons. The molecular weight excluding hydrogens is 236 g/mol. The van der Waals surface area contributed by atoms with E-state index < -0.39 is 5.60 Å². The van der Waals surface area contributed by atoms with Crippen molar-refractivity contribution in [2.24, 2.45) is 0 Å². The summed E-state index contributed by atoms with van der Waals surface area (Å²) in [6, 6.07) is 16.1. The lowest BCUT2D eigenvalue weighted by atomic mass is 9.76. The maximum absolute atomic E-state index is 11.0. The fourth-order valence-corrected chi connectivity index (χ4v) is 2.98. The Morgan fingerprint density at radius 2 is 1.68 bits per heavy atom. The Hall–Kier alpha value is -1.80. The molecule has 0 fully saturated rings. The Morgan fingerprint density at radius 1 is 1.00 bits per heavy atom. The topological polar surface area (TPSA) is 29.5 Å². The normalized spacial score (nSPS) is 21.8. The SMILES string of the molecule is COc1ccccc1C1(O)CCc2ccccc2C1. The molecule has 19 heavy (non-hydrogen) atoms. The zero-order valence-electron chi connectivity index (χ0n) is 11.1. The van der Waals surface area contributed by atoms with Crippen molar-refractivity contribution in [2.75, 3.05) is 7.11 Å². The average Bonchev–Trinajstić information content (AvgIpc) is 2.47. The minimum absolute atomic E-state index is 0.656. The number of methoxy groups -OCH3 is 1. The van der Waals surface area contributed by atoms with Gasteiger partial charge in [-0.2, -0.15) is 0 Å². The van der Waals surface area contributed by atoms with Crippen LogP contribution in [0.15, 0.2) is 48.5 Å². The van der Waals surface area contributed by atoms with Crippen LogP contribution in [0, 0.1) is 0 Å². The number of para-hydroxylation sites is 1. The summed E-state index contributed by atoms with van der Waals surface area (Å²) in [5.41, 5.74) is 2.66. The van der Waals surface area contributed by atoms with Crippen molar-refractivity contribution in [3.05, 3.63) is 65.2 Å². The summed E-state index contributed by atoms with van der Waals surface area (Å²) < 4.78 is 5.39. The number of hydrogen-bond donors (Lipinski definition) is 1. The fourth-order valence-electron chi connectivity index (χ4n) is 2.98. The summed E-state index contributed by atoms with van der Waals surface area (Å²) in [6.07, 6.45) is 2.30. The highest BCUT2D eigenvalue weighted by molar-refractivity contribution is 5.42. The third kappa shape index (κ3) is 2.13. The molecule has 2 aromatic rings. The van der Waals surface area contributed by atoms with Gasteiger partial charge in [0.2, 0.25) is 0 Å². The number of benzene rings is 2. The molecule has 2 aromatic carbocycles. The van der Waals surface area contributed by atoms with Crippen LogP contribution in [0.5, 0.6) is 5.75 Å². The number of aryl methyl sites for hydroxylation is 1. The first-order chi connectivity index (χ1) is 9.23. The monoisotopic (exact) mass is 254 g/mol. The lowest BCUT2D eigenvalue weighted by Gasteiger charge is -2.34. The summed E-state index contributed by atoms with van der Waals surface area (Å²) in [4.78, 5) is 0. The van der Waals surface area contributed by atoms with Crippen molar-refractivity contribution >= 4 is 0 Å². The van der Waals surface area contributed by atoms with E-state index in [1.54, 1.807) is 7.11 Å². The zero-order chi connectivity index (χ0) is 13.3. The van der Waals surface area contributed by atoms with Gasteiger partial charge in [-0.3, -0.25) is 0 Å². The van der Waals surface area contributed by atoms with Crippen LogP contribution in [0.25, 0.3) is 0 Å². The van der Waals surface area contributed by atoms with E-state index >= 15 is 0 Å². The summed E-state index contributed by atoms with van der Waals surface area (Å²) in [5.74, 6) is 0.768. The van der Waals surface area contributed by atoms with Crippen LogP contribution in [-0.2, 0) is 18.4 Å². The van der Waals surface area contributed by atoms with E-state index in [1.165, 1.54) is 11.1 Å². The van der Waals surface area contributed by atoms with Gasteiger partial charge < -0.3 is 9.84 Å². The third-order valence-electron chi connectivity index (χ3n) is 4.02. The minimum Gasteiger partial charge on any atom is -0.496 e. The predicted molar refractivity (Wildman–Crippen MR) is 75.4 cm³/mol. The van der Waals surface area contributed by atoms with Crippen LogP contribution in [-0.4, -0.2) is 12.2 Å². The predicted octanol–water partition coefficient (Wildman–Crippen LogP) is 3.07. The third-order valence-corrected chi connectivity index (χ3v) is 4.02. The van der Waals surface area contributed by atoms with E-state index in [4.69, 9.17) is 4.74 Å². The molecule has 0 aromatic heterocycles. The van der Waals surface area contributed by atoms with Crippen LogP contribution < -0.4 is 4.74 Å². The number of hydrogen-bond acceptors (Lipinski definition) is 2. The van der Waals surface area contributed by atoms with Gasteiger partial charge >= 0.3 is 0 Å². The fraction of sp³-hybridized carbons (Fsp3) is 0.294. The molecule has 0 amide bonds. The smallest absolute Gasteiger partial charge is 0.124 e. The number of aliphatic hydroxyl groups is 1. The van der Waals surface area contributed by atoms with Gasteiger partial charge in [0.15, 0.2) is 0 Å². The van der Waals surface area contributed by atoms with Crippen molar-refractivity contribution in [1.82, 2.24) is 0 Å². The van der Waals surface area contributed by atoms with Gasteiger partial charge in [0.25, 0.3) is 0 Å². The Kier molecular flexibility index (Phi) is 3.03. The van der Waals surface area contributed by atoms with Crippen LogP contribution >= 0.6 is 0 Å². The number of ether oxygens (including phenoxy) is 1. The highest BCUT2D eigenvalue weighted by Gasteiger charge is 2.35. The summed E-state index contributed by atoms with van der Waals surface area (Å²) in [7, 11) is 1.65. The molecule has 2 heteroatoms. The first kappa shape index (κ1) is 12.2. The van der Waals surface area contributed by atoms with Gasteiger partial charge in [0.05, 0.1) is 12.7 Å². The maximum Gasteiger partial charge on any atom is 0.124 e. The van der Waals surface area contributed by atoms with E-state index in [1.807, 2.05) is 30.3 Å². The Balaban J connectivity index is 2.01. The molecule has 1 unspecified atom stereocenters. The minimum atomic E-state index is -0.818. The van der Waals surface area contributed by atoms with Crippen molar-refractivity contribution in [1.29, 1.82) is 0 Å². The molecule has 0 spiro atoms. The second-order valence-corrected chi connectivity index (χ2v) is 5.18. The van der Waals surface area contributed by atoms with Crippen LogP contribution in [0.3, 0.4) is 0 Å². The van der Waals surface area contributed by atoms with Crippen molar-refractivity contribution in [3.8, 4) is 5.75 Å². The molecule has 0 heterocycles. The van der Waals surface area contributed by atoms with Gasteiger partial charge in [-0.1, -0.05) is 42.5 Å². The first-order valence-corrected chi connectivity index (χ1v) is 6.65. The van der Waals surface area contributed by atoms with E-state index in [2.05, 4.69) is 18.2 Å². The number of fused-ring (bicyclic) bond motifs is 1. The molecule has 3 rings (SSSR count). The average molecular weight is 254 g/mol. The molecule has 1 aliphatic rings. The van der Waals surface area contributed by atoms with E-state index in [9.17, 15) is 5.11 Å². The van der Waals surface area contributed by atoms with Crippen molar-refractivity contribution < 1.29 is 9.84 Å². The lowest BCUT2D eigenvalue weighted by Crippen LogP contribution is -2.33. The Morgan fingerprint density at radius 3 is 2.47 bits per heavy atom. The first-order valence-electron chi connectivity index (χ1n) is 6.65. The lowest BCUT2D eigenvalue weighted by molar-refractivity contribution is 0.0200. The van der Waals surface area contributed by atoms with Crippen molar-refractivity contribution in [2.45, 2.75) is 24.9 Å². The van der Waals surface area contributed by atoms with E-state index in [-0.39, 0.29) is 0 Å². The molecule has 2 nitrogen and oxygen atoms in total. The molecule has 1 aliphatic carbocycles. The summed E-state index contributed by atoms with van der Waals surface area (Å²) in [6.45, 7) is 0. The molecule has 98 valence electrons. The van der Waals surface area contributed by atoms with Gasteiger partial charge in [-0.15, -0.1) is 0 Å². The Labute approximate surface area is 113 Å². The molecule has 0 saturated heterocycles. The van der Waals surface area contributed by atoms with Gasteiger partial charge in [0, 0.05) is 12.0 Å². The van der Waals surface area contributed by atoms with Crippen LogP contribution in [0.2, 0.25) is 0 Å². The van der Waals surface area contributed by atoms with Crippen molar-refractivity contribution in [3.63, 3.8) is 0 Å². The largest absolute Gasteiger partial charge is 0.496 e. The van der Waals surface area contributed by atoms with Gasteiger partial charge in [0.1, 0.15) is 5.75 Å². The second kappa shape index (κ2) is 4.71. The maximum atomic E-state index is 11.0. The quantitative estimate of drug-likeness (QED) is 0.892. The highest BCUT2D eigenvalue weighted by Crippen LogP contribution is 2.40. The molecule has 1 N–H and O–H groups in total. The Bertz CT molecular complexity index is 591. The molecule has 0 bridgehead atoms. The summed E-state index contributed by atoms with van der Waals surface area (Å²) >= 11 is 0. The summed E-state index contributed by atoms with van der Waals surface area (Å²) in [5, 5.41) is 11.0. The number of rotatable bonds is 2. The van der Waals surface area contributed by atoms with Gasteiger partial charge in [-0.05, 0) is 30.0 Å². The van der Waals surface area contributed by atoms with E-state index in [0.29, 0.717) is 6.42 Å². The molecule has 0 aliphatic heterocycles. The molecule has 0 saturated carbocycles. The van der Waals surface area contributed by atoms with E-state index in [0.717, 1.165) is 24.2 Å². The van der Waals surface area contributed by atoms with Gasteiger partial charge in [-0.25, -0.2) is 0 Å². The molecular formula is C17H18O2. The van der Waals surface area contributed by atoms with Crippen LogP contribution in [0.1, 0.15) is 23.1 Å². The zero-order valence-corrected chi connectivity index (χ0v) is 11.1. The highest BCUT2D eigenvalue weighted by atomic mass is 16.5. The standard InChI is InChI=1S/C17H18O2/c1-19-16-9-5-4-8-15(16)17(18)11-10-13-6-2-3-7-14(13)12-17/h2-9,18H,10-12H2,1H3.